The van der Waals surface area contributed by atoms with E-state index < -0.39 is 0 Å². The van der Waals surface area contributed by atoms with Gasteiger partial charge in [-0.15, -0.1) is 0 Å². The molecule has 0 saturated carbocycles. The van der Waals surface area contributed by atoms with Crippen LogP contribution < -0.4 is 10.1 Å². The Labute approximate surface area is 122 Å². The van der Waals surface area contributed by atoms with Gasteiger partial charge < -0.3 is 15.0 Å². The van der Waals surface area contributed by atoms with Crippen LogP contribution in [0.5, 0.6) is 5.75 Å². The second-order valence-corrected chi connectivity index (χ2v) is 4.50. The van der Waals surface area contributed by atoms with Crippen LogP contribution in [0.1, 0.15) is 18.9 Å². The molecule has 0 heterocycles. The summed E-state index contributed by atoms with van der Waals surface area (Å²) >= 11 is 0. The molecule has 0 saturated heterocycles. The lowest BCUT2D eigenvalue weighted by molar-refractivity contribution is 0.396. The number of allylic oxidation sites excluding steroid dienone is 1. The Bertz CT molecular complexity index is 455. The largest absolute Gasteiger partial charge is 0.496 e. The fraction of sp³-hybridized carbons (Fsp3) is 0.438. The average molecular weight is 275 g/mol. The Kier molecular flexibility index (Phi) is 7.25. The molecular weight excluding hydrogens is 250 g/mol. The van der Waals surface area contributed by atoms with E-state index in [1.54, 1.807) is 14.2 Å². The van der Waals surface area contributed by atoms with Crippen molar-refractivity contribution in [2.75, 3.05) is 27.7 Å². The highest BCUT2D eigenvalue weighted by atomic mass is 16.5. The van der Waals surface area contributed by atoms with Crippen molar-refractivity contribution in [3.8, 4) is 5.75 Å². The normalized spacial score (nSPS) is 11.7. The Morgan fingerprint density at radius 1 is 1.40 bits per heavy atom. The van der Waals surface area contributed by atoms with Crippen molar-refractivity contribution in [3.63, 3.8) is 0 Å². The summed E-state index contributed by atoms with van der Waals surface area (Å²) < 4.78 is 5.38. The fourth-order valence-corrected chi connectivity index (χ4v) is 1.98. The summed E-state index contributed by atoms with van der Waals surface area (Å²) in [6.45, 7) is 3.67. The van der Waals surface area contributed by atoms with Crippen LogP contribution in [-0.4, -0.2) is 38.6 Å². The maximum atomic E-state index is 5.38. The summed E-state index contributed by atoms with van der Waals surface area (Å²) in [5, 5.41) is 3.35. The molecule has 0 aliphatic carbocycles. The van der Waals surface area contributed by atoms with Crippen molar-refractivity contribution in [2.24, 2.45) is 4.99 Å². The lowest BCUT2D eigenvalue weighted by atomic mass is 10.2. The summed E-state index contributed by atoms with van der Waals surface area (Å²) in [5.41, 5.74) is 1.15. The van der Waals surface area contributed by atoms with E-state index >= 15 is 0 Å². The van der Waals surface area contributed by atoms with Crippen molar-refractivity contribution < 1.29 is 4.74 Å². The van der Waals surface area contributed by atoms with Gasteiger partial charge in [0.05, 0.1) is 7.11 Å². The topological polar surface area (TPSA) is 36.9 Å². The summed E-state index contributed by atoms with van der Waals surface area (Å²) in [6, 6.07) is 8.05. The smallest absolute Gasteiger partial charge is 0.193 e. The molecule has 0 amide bonds. The minimum absolute atomic E-state index is 0.757. The molecule has 0 radical (unpaired) electrons. The lowest BCUT2D eigenvalue weighted by Crippen LogP contribution is -2.38. The predicted molar refractivity (Wildman–Crippen MR) is 85.3 cm³/mol. The van der Waals surface area contributed by atoms with E-state index in [9.17, 15) is 0 Å². The fourth-order valence-electron chi connectivity index (χ4n) is 1.98. The number of ether oxygens (including phenoxy) is 1. The van der Waals surface area contributed by atoms with Gasteiger partial charge in [-0.2, -0.15) is 0 Å². The van der Waals surface area contributed by atoms with Gasteiger partial charge in [-0.3, -0.25) is 4.99 Å². The Morgan fingerprint density at radius 3 is 2.80 bits per heavy atom. The third kappa shape index (κ3) is 4.96. The maximum Gasteiger partial charge on any atom is 0.193 e. The van der Waals surface area contributed by atoms with E-state index in [2.05, 4.69) is 33.4 Å². The first-order valence-electron chi connectivity index (χ1n) is 6.87. The van der Waals surface area contributed by atoms with E-state index in [0.717, 1.165) is 36.8 Å². The third-order valence-corrected chi connectivity index (χ3v) is 3.00. The van der Waals surface area contributed by atoms with E-state index in [0.29, 0.717) is 0 Å². The van der Waals surface area contributed by atoms with Gasteiger partial charge in [0.15, 0.2) is 5.96 Å². The number of hydrogen-bond acceptors (Lipinski definition) is 2. The zero-order chi connectivity index (χ0) is 14.8. The van der Waals surface area contributed by atoms with Crippen LogP contribution in [0.3, 0.4) is 0 Å². The van der Waals surface area contributed by atoms with Crippen molar-refractivity contribution in [3.05, 3.63) is 42.0 Å². The number of rotatable bonds is 6. The van der Waals surface area contributed by atoms with Crippen molar-refractivity contribution >= 4 is 5.96 Å². The lowest BCUT2D eigenvalue weighted by Gasteiger charge is -2.22. The SMILES string of the molecule is CC=CCCNC(=NC)N(C)Cc1ccccc1OC. The zero-order valence-electron chi connectivity index (χ0n) is 12.9. The first-order chi connectivity index (χ1) is 9.72. The molecule has 0 aliphatic heterocycles. The minimum atomic E-state index is 0.757. The molecule has 0 fully saturated rings. The molecule has 1 aromatic carbocycles. The molecule has 4 nitrogen and oxygen atoms in total. The van der Waals surface area contributed by atoms with Gasteiger partial charge in [0.2, 0.25) is 0 Å². The van der Waals surface area contributed by atoms with E-state index in [-0.39, 0.29) is 0 Å². The summed E-state index contributed by atoms with van der Waals surface area (Å²) in [4.78, 5) is 6.39. The van der Waals surface area contributed by atoms with Crippen LogP contribution in [0, 0.1) is 0 Å². The first kappa shape index (κ1) is 16.1. The summed E-state index contributed by atoms with van der Waals surface area (Å²) in [7, 11) is 5.52. The van der Waals surface area contributed by atoms with Gasteiger partial charge in [0, 0.05) is 32.7 Å². The highest BCUT2D eigenvalue weighted by Crippen LogP contribution is 2.18. The molecule has 1 N–H and O–H groups in total. The molecule has 0 aromatic heterocycles. The highest BCUT2D eigenvalue weighted by Gasteiger charge is 2.09. The highest BCUT2D eigenvalue weighted by molar-refractivity contribution is 5.79. The molecule has 0 spiro atoms. The van der Waals surface area contributed by atoms with Crippen molar-refractivity contribution in [2.45, 2.75) is 19.9 Å². The van der Waals surface area contributed by atoms with Gasteiger partial charge in [0.1, 0.15) is 5.75 Å². The standard InChI is InChI=1S/C16H25N3O/c1-5-6-9-12-18-16(17-2)19(3)13-14-10-7-8-11-15(14)20-4/h5-8,10-11H,9,12-13H2,1-4H3,(H,17,18). The number of para-hydroxylation sites is 1. The van der Waals surface area contributed by atoms with Crippen LogP contribution >= 0.6 is 0 Å². The monoisotopic (exact) mass is 275 g/mol. The maximum absolute atomic E-state index is 5.38. The number of guanidine groups is 1. The number of aliphatic imine (C=N–C) groups is 1. The molecule has 1 rings (SSSR count). The summed E-state index contributed by atoms with van der Waals surface area (Å²) in [6.07, 6.45) is 5.20. The second-order valence-electron chi connectivity index (χ2n) is 4.50. The molecule has 0 unspecified atom stereocenters. The quantitative estimate of drug-likeness (QED) is 0.375. The molecule has 0 atom stereocenters. The van der Waals surface area contributed by atoms with Crippen molar-refractivity contribution in [1.29, 1.82) is 0 Å². The second kappa shape index (κ2) is 9.02. The minimum Gasteiger partial charge on any atom is -0.496 e. The zero-order valence-corrected chi connectivity index (χ0v) is 12.9. The first-order valence-corrected chi connectivity index (χ1v) is 6.87. The average Bonchev–Trinajstić information content (AvgIpc) is 2.48. The number of methoxy groups -OCH3 is 1. The Balaban J connectivity index is 2.61. The molecule has 20 heavy (non-hydrogen) atoms. The van der Waals surface area contributed by atoms with Crippen LogP contribution in [0.4, 0.5) is 0 Å². The van der Waals surface area contributed by atoms with Crippen LogP contribution in [0.2, 0.25) is 0 Å². The summed E-state index contributed by atoms with van der Waals surface area (Å²) in [5.74, 6) is 1.80. The number of nitrogens with zero attached hydrogens (tertiary/aromatic N) is 2. The number of benzene rings is 1. The van der Waals surface area contributed by atoms with E-state index in [1.165, 1.54) is 0 Å². The van der Waals surface area contributed by atoms with Crippen LogP contribution in [0.25, 0.3) is 0 Å². The number of nitrogens with one attached hydrogen (secondary N) is 1. The third-order valence-electron chi connectivity index (χ3n) is 3.00. The van der Waals surface area contributed by atoms with Gasteiger partial charge >= 0.3 is 0 Å². The van der Waals surface area contributed by atoms with Gasteiger partial charge in [-0.05, 0) is 19.4 Å². The Morgan fingerprint density at radius 2 is 2.15 bits per heavy atom. The molecule has 4 heteroatoms. The molecule has 0 aliphatic rings. The van der Waals surface area contributed by atoms with Gasteiger partial charge in [-0.1, -0.05) is 30.4 Å². The molecule has 1 aromatic rings. The predicted octanol–water partition coefficient (Wildman–Crippen LogP) is 2.67. The van der Waals surface area contributed by atoms with E-state index in [1.807, 2.05) is 32.2 Å². The molecular formula is C16H25N3O. The molecule has 0 bridgehead atoms. The van der Waals surface area contributed by atoms with Crippen LogP contribution in [-0.2, 0) is 6.54 Å². The number of hydrogen-bond donors (Lipinski definition) is 1. The van der Waals surface area contributed by atoms with Gasteiger partial charge in [-0.25, -0.2) is 0 Å². The van der Waals surface area contributed by atoms with Crippen molar-refractivity contribution in [1.82, 2.24) is 10.2 Å². The van der Waals surface area contributed by atoms with Crippen LogP contribution in [0.15, 0.2) is 41.4 Å². The van der Waals surface area contributed by atoms with Gasteiger partial charge in [0.25, 0.3) is 0 Å². The molecule has 110 valence electrons. The van der Waals surface area contributed by atoms with E-state index in [4.69, 9.17) is 4.74 Å². The Hall–Kier alpha value is -1.97.